The lowest BCUT2D eigenvalue weighted by Crippen LogP contribution is -2.49. The van der Waals surface area contributed by atoms with Crippen molar-refractivity contribution < 1.29 is 4.79 Å². The molecule has 2 aromatic rings. The number of carbonyl (C=O) groups excluding carboxylic acids is 1. The zero-order chi connectivity index (χ0) is 18.5. The molecule has 7 nitrogen and oxygen atoms in total. The van der Waals surface area contributed by atoms with Crippen LogP contribution in [0.25, 0.3) is 0 Å². The Balaban J connectivity index is 1.40. The summed E-state index contributed by atoms with van der Waals surface area (Å²) in [5.41, 5.74) is 0.496. The van der Waals surface area contributed by atoms with Gasteiger partial charge in [-0.15, -0.1) is 0 Å². The Morgan fingerprint density at radius 1 is 0.778 bits per heavy atom. The van der Waals surface area contributed by atoms with E-state index in [1.54, 1.807) is 6.20 Å². The van der Waals surface area contributed by atoms with Crippen molar-refractivity contribution in [3.63, 3.8) is 0 Å². The topological polar surface area (TPSA) is 65.5 Å². The summed E-state index contributed by atoms with van der Waals surface area (Å²) < 4.78 is 0. The summed E-state index contributed by atoms with van der Waals surface area (Å²) in [7, 11) is 0. The Morgan fingerprint density at radius 2 is 1.52 bits per heavy atom. The van der Waals surface area contributed by atoms with Crippen LogP contribution in [0.1, 0.15) is 36.2 Å². The SMILES string of the molecule is O=C(c1cc(N2CCCCCC2)ncn1)N1CCN(c2ccccn2)CC1. The smallest absolute Gasteiger partial charge is 0.272 e. The van der Waals surface area contributed by atoms with E-state index in [1.807, 2.05) is 29.2 Å². The van der Waals surface area contributed by atoms with E-state index in [1.165, 1.54) is 32.0 Å². The molecule has 2 aliphatic heterocycles. The van der Waals surface area contributed by atoms with E-state index in [2.05, 4.69) is 24.8 Å². The lowest BCUT2D eigenvalue weighted by molar-refractivity contribution is 0.0740. The number of carbonyl (C=O) groups is 1. The highest BCUT2D eigenvalue weighted by molar-refractivity contribution is 5.93. The molecule has 2 aliphatic rings. The number of rotatable bonds is 3. The minimum atomic E-state index is -0.00542. The normalized spacial score (nSPS) is 18.3. The molecule has 0 unspecified atom stereocenters. The van der Waals surface area contributed by atoms with E-state index in [0.717, 1.165) is 37.8 Å². The molecule has 4 rings (SSSR count). The highest BCUT2D eigenvalue weighted by atomic mass is 16.2. The molecule has 0 bridgehead atoms. The van der Waals surface area contributed by atoms with Crippen molar-refractivity contribution in [1.29, 1.82) is 0 Å². The third-order valence-electron chi connectivity index (χ3n) is 5.34. The van der Waals surface area contributed by atoms with Gasteiger partial charge in [-0.1, -0.05) is 18.9 Å². The van der Waals surface area contributed by atoms with Crippen molar-refractivity contribution >= 4 is 17.5 Å². The fraction of sp³-hybridized carbons (Fsp3) is 0.500. The molecule has 0 saturated carbocycles. The van der Waals surface area contributed by atoms with E-state index < -0.39 is 0 Å². The molecule has 2 fully saturated rings. The van der Waals surface area contributed by atoms with Gasteiger partial charge in [-0.2, -0.15) is 0 Å². The van der Waals surface area contributed by atoms with Crippen molar-refractivity contribution in [2.45, 2.75) is 25.7 Å². The lowest BCUT2D eigenvalue weighted by Gasteiger charge is -2.35. The summed E-state index contributed by atoms with van der Waals surface area (Å²) in [6.07, 6.45) is 8.24. The molecule has 27 heavy (non-hydrogen) atoms. The summed E-state index contributed by atoms with van der Waals surface area (Å²) >= 11 is 0. The Bertz CT molecular complexity index is 752. The second-order valence-corrected chi connectivity index (χ2v) is 7.13. The monoisotopic (exact) mass is 366 g/mol. The van der Waals surface area contributed by atoms with Crippen LogP contribution in [0, 0.1) is 0 Å². The molecule has 0 N–H and O–H groups in total. The first-order chi connectivity index (χ1) is 13.3. The Labute approximate surface area is 160 Å². The fourth-order valence-electron chi connectivity index (χ4n) is 3.78. The number of amides is 1. The van der Waals surface area contributed by atoms with Crippen LogP contribution in [0.2, 0.25) is 0 Å². The van der Waals surface area contributed by atoms with Crippen molar-refractivity contribution in [2.24, 2.45) is 0 Å². The lowest BCUT2D eigenvalue weighted by atomic mass is 10.2. The molecule has 1 amide bonds. The number of aromatic nitrogens is 3. The maximum absolute atomic E-state index is 12.9. The van der Waals surface area contributed by atoms with Crippen molar-refractivity contribution in [3.8, 4) is 0 Å². The number of piperazine rings is 1. The average Bonchev–Trinajstić information content (AvgIpc) is 3.04. The van der Waals surface area contributed by atoms with Gasteiger partial charge in [0.15, 0.2) is 0 Å². The van der Waals surface area contributed by atoms with Gasteiger partial charge in [0, 0.05) is 51.5 Å². The van der Waals surface area contributed by atoms with Crippen LogP contribution in [0.3, 0.4) is 0 Å². The number of nitrogens with zero attached hydrogens (tertiary/aromatic N) is 6. The van der Waals surface area contributed by atoms with Crippen LogP contribution in [0.15, 0.2) is 36.8 Å². The number of hydrogen-bond acceptors (Lipinski definition) is 6. The molecule has 7 heteroatoms. The first-order valence-corrected chi connectivity index (χ1v) is 9.83. The molecular weight excluding hydrogens is 340 g/mol. The Hall–Kier alpha value is -2.70. The molecule has 2 saturated heterocycles. The third kappa shape index (κ3) is 4.18. The van der Waals surface area contributed by atoms with E-state index >= 15 is 0 Å². The summed E-state index contributed by atoms with van der Waals surface area (Å²) in [4.78, 5) is 32.4. The molecule has 0 spiro atoms. The highest BCUT2D eigenvalue weighted by Gasteiger charge is 2.24. The molecule has 2 aromatic heterocycles. The highest BCUT2D eigenvalue weighted by Crippen LogP contribution is 2.19. The first kappa shape index (κ1) is 17.7. The largest absolute Gasteiger partial charge is 0.357 e. The predicted octanol–water partition coefficient (Wildman–Crippen LogP) is 2.21. The van der Waals surface area contributed by atoms with Crippen LogP contribution >= 0.6 is 0 Å². The van der Waals surface area contributed by atoms with Gasteiger partial charge in [-0.3, -0.25) is 4.79 Å². The van der Waals surface area contributed by atoms with Gasteiger partial charge in [0.05, 0.1) is 0 Å². The quantitative estimate of drug-likeness (QED) is 0.830. The maximum Gasteiger partial charge on any atom is 0.272 e. The third-order valence-corrected chi connectivity index (χ3v) is 5.34. The molecule has 0 aliphatic carbocycles. The van der Waals surface area contributed by atoms with Crippen LogP contribution in [0.5, 0.6) is 0 Å². The van der Waals surface area contributed by atoms with Crippen molar-refractivity contribution in [1.82, 2.24) is 19.9 Å². The Morgan fingerprint density at radius 3 is 2.22 bits per heavy atom. The molecular formula is C20H26N6O. The summed E-state index contributed by atoms with van der Waals surface area (Å²) in [6, 6.07) is 7.78. The van der Waals surface area contributed by atoms with Crippen LogP contribution in [-0.4, -0.2) is 65.0 Å². The van der Waals surface area contributed by atoms with Gasteiger partial charge in [0.25, 0.3) is 5.91 Å². The first-order valence-electron chi connectivity index (χ1n) is 9.83. The van der Waals surface area contributed by atoms with Crippen LogP contribution in [0.4, 0.5) is 11.6 Å². The predicted molar refractivity (Wildman–Crippen MR) is 105 cm³/mol. The number of hydrogen-bond donors (Lipinski definition) is 0. The van der Waals surface area contributed by atoms with Crippen LogP contribution in [-0.2, 0) is 0 Å². The van der Waals surface area contributed by atoms with Gasteiger partial charge in [0.2, 0.25) is 0 Å². The van der Waals surface area contributed by atoms with Crippen LogP contribution < -0.4 is 9.80 Å². The number of pyridine rings is 1. The van der Waals surface area contributed by atoms with Gasteiger partial charge in [0.1, 0.15) is 23.7 Å². The maximum atomic E-state index is 12.9. The van der Waals surface area contributed by atoms with Gasteiger partial charge < -0.3 is 14.7 Å². The minimum Gasteiger partial charge on any atom is -0.357 e. The second kappa shape index (κ2) is 8.33. The molecule has 0 atom stereocenters. The zero-order valence-corrected chi connectivity index (χ0v) is 15.6. The summed E-state index contributed by atoms with van der Waals surface area (Å²) in [5, 5.41) is 0. The minimum absolute atomic E-state index is 0.00542. The molecule has 142 valence electrons. The van der Waals surface area contributed by atoms with Gasteiger partial charge >= 0.3 is 0 Å². The molecule has 0 aromatic carbocycles. The number of anilines is 2. The second-order valence-electron chi connectivity index (χ2n) is 7.13. The van der Waals surface area contributed by atoms with Gasteiger partial charge in [-0.05, 0) is 25.0 Å². The summed E-state index contributed by atoms with van der Waals surface area (Å²) in [5.74, 6) is 1.84. The van der Waals surface area contributed by atoms with Crippen molar-refractivity contribution in [2.75, 3.05) is 49.1 Å². The fourth-order valence-corrected chi connectivity index (χ4v) is 3.78. The van der Waals surface area contributed by atoms with Gasteiger partial charge in [-0.25, -0.2) is 15.0 Å². The molecule has 0 radical (unpaired) electrons. The van der Waals surface area contributed by atoms with E-state index in [-0.39, 0.29) is 5.91 Å². The Kier molecular flexibility index (Phi) is 5.46. The van der Waals surface area contributed by atoms with E-state index in [4.69, 9.17) is 0 Å². The van der Waals surface area contributed by atoms with E-state index in [9.17, 15) is 4.79 Å². The summed E-state index contributed by atoms with van der Waals surface area (Å²) in [6.45, 7) is 4.94. The zero-order valence-electron chi connectivity index (χ0n) is 15.6. The average molecular weight is 366 g/mol. The molecule has 4 heterocycles. The van der Waals surface area contributed by atoms with Crippen molar-refractivity contribution in [3.05, 3.63) is 42.5 Å². The standard InChI is InChI=1S/C20H26N6O/c27-20(26-13-11-25(12-14-26)18-7-3-4-8-21-18)17-15-19(23-16-22-17)24-9-5-1-2-6-10-24/h3-4,7-8,15-16H,1-2,5-6,9-14H2. The van der Waals surface area contributed by atoms with E-state index in [0.29, 0.717) is 18.8 Å².